The minimum atomic E-state index is -0.717. The molecular formula is C13H24N2OS. The van der Waals surface area contributed by atoms with Gasteiger partial charge in [0.15, 0.2) is 0 Å². The zero-order chi connectivity index (χ0) is 13.1. The van der Waals surface area contributed by atoms with E-state index in [9.17, 15) is 5.11 Å². The van der Waals surface area contributed by atoms with Crippen molar-refractivity contribution in [3.63, 3.8) is 0 Å². The van der Waals surface area contributed by atoms with Crippen LogP contribution in [0.3, 0.4) is 0 Å². The fourth-order valence-corrected chi connectivity index (χ4v) is 2.75. The van der Waals surface area contributed by atoms with Gasteiger partial charge in [0, 0.05) is 17.8 Å². The molecule has 0 aliphatic rings. The van der Waals surface area contributed by atoms with Crippen LogP contribution in [0.25, 0.3) is 0 Å². The molecule has 3 nitrogen and oxygen atoms in total. The van der Waals surface area contributed by atoms with Gasteiger partial charge in [-0.3, -0.25) is 0 Å². The highest BCUT2D eigenvalue weighted by molar-refractivity contribution is 7.11. The van der Waals surface area contributed by atoms with Crippen LogP contribution >= 0.6 is 11.3 Å². The van der Waals surface area contributed by atoms with Gasteiger partial charge < -0.3 is 10.4 Å². The lowest BCUT2D eigenvalue weighted by atomic mass is 10.0. The Kier molecular flexibility index (Phi) is 5.10. The van der Waals surface area contributed by atoms with Crippen molar-refractivity contribution in [2.45, 2.75) is 46.6 Å². The van der Waals surface area contributed by atoms with Gasteiger partial charge in [0.25, 0.3) is 0 Å². The van der Waals surface area contributed by atoms with Crippen LogP contribution in [-0.2, 0) is 6.42 Å². The second kappa shape index (κ2) is 5.94. The lowest BCUT2D eigenvalue weighted by Gasteiger charge is -2.23. The lowest BCUT2D eigenvalue weighted by molar-refractivity contribution is 0.0595. The fraction of sp³-hybridized carbons (Fsp3) is 0.769. The standard InChI is InChI=1S/C13H24N2OS/c1-9(2)7-14-8-13(5,16)6-12-15-10(3)11(4)17-12/h9,14,16H,6-8H2,1-5H3. The molecule has 0 saturated carbocycles. The number of thiazole rings is 1. The summed E-state index contributed by atoms with van der Waals surface area (Å²) in [4.78, 5) is 5.71. The van der Waals surface area contributed by atoms with Crippen LogP contribution in [0.2, 0.25) is 0 Å². The van der Waals surface area contributed by atoms with Crippen LogP contribution in [-0.4, -0.2) is 28.8 Å². The van der Waals surface area contributed by atoms with E-state index in [1.807, 2.05) is 13.8 Å². The van der Waals surface area contributed by atoms with E-state index in [-0.39, 0.29) is 0 Å². The number of nitrogens with zero attached hydrogens (tertiary/aromatic N) is 1. The van der Waals surface area contributed by atoms with E-state index in [1.165, 1.54) is 4.88 Å². The van der Waals surface area contributed by atoms with Gasteiger partial charge in [-0.2, -0.15) is 0 Å². The second-order valence-corrected chi connectivity index (χ2v) is 6.74. The van der Waals surface area contributed by atoms with Gasteiger partial charge in [-0.25, -0.2) is 4.98 Å². The molecule has 0 aromatic carbocycles. The average molecular weight is 256 g/mol. The molecule has 0 spiro atoms. The zero-order valence-electron chi connectivity index (χ0n) is 11.5. The number of nitrogens with one attached hydrogen (secondary N) is 1. The molecular weight excluding hydrogens is 232 g/mol. The highest BCUT2D eigenvalue weighted by Crippen LogP contribution is 2.21. The van der Waals surface area contributed by atoms with Crippen molar-refractivity contribution in [2.24, 2.45) is 5.92 Å². The molecule has 4 heteroatoms. The molecule has 1 unspecified atom stereocenters. The Morgan fingerprint density at radius 1 is 1.41 bits per heavy atom. The number of hydrogen-bond donors (Lipinski definition) is 2. The summed E-state index contributed by atoms with van der Waals surface area (Å²) in [5.41, 5.74) is 0.363. The largest absolute Gasteiger partial charge is 0.388 e. The summed E-state index contributed by atoms with van der Waals surface area (Å²) >= 11 is 1.68. The normalized spacial score (nSPS) is 15.2. The predicted octanol–water partition coefficient (Wildman–Crippen LogP) is 2.30. The van der Waals surface area contributed by atoms with Crippen molar-refractivity contribution in [1.82, 2.24) is 10.3 Å². The Hall–Kier alpha value is -0.450. The quantitative estimate of drug-likeness (QED) is 0.821. The maximum absolute atomic E-state index is 10.3. The molecule has 0 aliphatic heterocycles. The summed E-state index contributed by atoms with van der Waals surface area (Å²) in [5.74, 6) is 0.607. The Labute approximate surface area is 108 Å². The second-order valence-electron chi connectivity index (χ2n) is 5.45. The molecule has 0 bridgehead atoms. The van der Waals surface area contributed by atoms with Crippen molar-refractivity contribution in [1.29, 1.82) is 0 Å². The van der Waals surface area contributed by atoms with E-state index in [0.29, 0.717) is 18.9 Å². The van der Waals surface area contributed by atoms with Gasteiger partial charge in [0.1, 0.15) is 0 Å². The Morgan fingerprint density at radius 3 is 2.53 bits per heavy atom. The van der Waals surface area contributed by atoms with Crippen LogP contribution in [0.1, 0.15) is 36.3 Å². The van der Waals surface area contributed by atoms with Gasteiger partial charge in [-0.15, -0.1) is 11.3 Å². The number of aryl methyl sites for hydroxylation is 2. The maximum atomic E-state index is 10.3. The van der Waals surface area contributed by atoms with Crippen LogP contribution in [0, 0.1) is 19.8 Å². The first-order valence-corrected chi connectivity index (χ1v) is 6.98. The molecule has 98 valence electrons. The van der Waals surface area contributed by atoms with E-state index in [0.717, 1.165) is 17.2 Å². The minimum absolute atomic E-state index is 0.607. The predicted molar refractivity (Wildman–Crippen MR) is 73.6 cm³/mol. The summed E-state index contributed by atoms with van der Waals surface area (Å²) in [7, 11) is 0. The van der Waals surface area contributed by atoms with Gasteiger partial charge in [-0.05, 0) is 33.2 Å². The molecule has 0 saturated heterocycles. The number of aliphatic hydroxyl groups is 1. The van der Waals surface area contributed by atoms with Crippen molar-refractivity contribution in [3.05, 3.63) is 15.6 Å². The first-order valence-electron chi connectivity index (χ1n) is 6.16. The van der Waals surface area contributed by atoms with Crippen LogP contribution in [0.5, 0.6) is 0 Å². The van der Waals surface area contributed by atoms with Gasteiger partial charge in [-0.1, -0.05) is 13.8 Å². The molecule has 0 fully saturated rings. The summed E-state index contributed by atoms with van der Waals surface area (Å²) in [5, 5.41) is 14.6. The summed E-state index contributed by atoms with van der Waals surface area (Å²) < 4.78 is 0. The SMILES string of the molecule is Cc1nc(CC(C)(O)CNCC(C)C)sc1C. The van der Waals surface area contributed by atoms with Crippen LogP contribution in [0.4, 0.5) is 0 Å². The third-order valence-electron chi connectivity index (χ3n) is 2.66. The van der Waals surface area contributed by atoms with E-state index < -0.39 is 5.60 Å². The first-order chi connectivity index (χ1) is 7.80. The molecule has 0 radical (unpaired) electrons. The topological polar surface area (TPSA) is 45.2 Å². The minimum Gasteiger partial charge on any atom is -0.388 e. The van der Waals surface area contributed by atoms with E-state index >= 15 is 0 Å². The van der Waals surface area contributed by atoms with E-state index in [2.05, 4.69) is 31.1 Å². The third-order valence-corrected chi connectivity index (χ3v) is 3.74. The Morgan fingerprint density at radius 2 is 2.06 bits per heavy atom. The lowest BCUT2D eigenvalue weighted by Crippen LogP contribution is -2.40. The Bertz CT molecular complexity index is 339. The molecule has 1 aromatic rings. The summed E-state index contributed by atoms with van der Waals surface area (Å²) in [6, 6.07) is 0. The first kappa shape index (κ1) is 14.6. The molecule has 0 aliphatic carbocycles. The molecule has 1 aromatic heterocycles. The molecule has 1 heterocycles. The van der Waals surface area contributed by atoms with Crippen molar-refractivity contribution in [2.75, 3.05) is 13.1 Å². The van der Waals surface area contributed by atoms with Gasteiger partial charge in [0.2, 0.25) is 0 Å². The third kappa shape index (κ3) is 5.15. The zero-order valence-corrected chi connectivity index (χ0v) is 12.3. The highest BCUT2D eigenvalue weighted by atomic mass is 32.1. The highest BCUT2D eigenvalue weighted by Gasteiger charge is 2.22. The smallest absolute Gasteiger partial charge is 0.0959 e. The summed E-state index contributed by atoms with van der Waals surface area (Å²) in [6.45, 7) is 11.8. The fourth-order valence-electron chi connectivity index (χ4n) is 1.63. The van der Waals surface area contributed by atoms with E-state index in [4.69, 9.17) is 0 Å². The average Bonchev–Trinajstić information content (AvgIpc) is 2.43. The maximum Gasteiger partial charge on any atom is 0.0959 e. The van der Waals surface area contributed by atoms with Crippen LogP contribution in [0.15, 0.2) is 0 Å². The van der Waals surface area contributed by atoms with Crippen molar-refractivity contribution in [3.8, 4) is 0 Å². The number of hydrogen-bond acceptors (Lipinski definition) is 4. The molecule has 1 rings (SSSR count). The molecule has 17 heavy (non-hydrogen) atoms. The number of rotatable bonds is 6. The van der Waals surface area contributed by atoms with Crippen molar-refractivity contribution < 1.29 is 5.11 Å². The monoisotopic (exact) mass is 256 g/mol. The van der Waals surface area contributed by atoms with Gasteiger partial charge >= 0.3 is 0 Å². The molecule has 1 atom stereocenters. The van der Waals surface area contributed by atoms with Crippen molar-refractivity contribution >= 4 is 11.3 Å². The van der Waals surface area contributed by atoms with Gasteiger partial charge in [0.05, 0.1) is 16.3 Å². The number of aromatic nitrogens is 1. The van der Waals surface area contributed by atoms with Crippen LogP contribution < -0.4 is 5.32 Å². The molecule has 2 N–H and O–H groups in total. The Balaban J connectivity index is 2.48. The van der Waals surface area contributed by atoms with E-state index in [1.54, 1.807) is 11.3 Å². The molecule has 0 amide bonds. The summed E-state index contributed by atoms with van der Waals surface area (Å²) in [6.07, 6.45) is 0.622.